The number of hydrogen-bond acceptors (Lipinski definition) is 4. The molecule has 5 rings (SSSR count). The molecule has 1 N–H and O–H groups in total. The maximum Gasteiger partial charge on any atom is 0.228 e. The Morgan fingerprint density at radius 1 is 1.12 bits per heavy atom. The summed E-state index contributed by atoms with van der Waals surface area (Å²) in [4.78, 5) is 30.4. The fraction of sp³-hybridized carbons (Fsp3) is 0.500. The molecule has 3 heterocycles. The van der Waals surface area contributed by atoms with Crippen molar-refractivity contribution in [3.05, 3.63) is 53.1 Å². The zero-order valence-corrected chi connectivity index (χ0v) is 19.2. The van der Waals surface area contributed by atoms with Gasteiger partial charge in [0.2, 0.25) is 5.91 Å². The first-order valence-electron chi connectivity index (χ1n) is 12.0. The predicted octanol–water partition coefficient (Wildman–Crippen LogP) is 4.55. The van der Waals surface area contributed by atoms with Crippen molar-refractivity contribution in [1.82, 2.24) is 19.9 Å². The smallest absolute Gasteiger partial charge is 0.228 e. The molecule has 3 aromatic rings. The molecular weight excluding hydrogens is 398 g/mol. The van der Waals surface area contributed by atoms with Crippen LogP contribution in [0.15, 0.2) is 30.5 Å². The number of nitrogens with zero attached hydrogens (tertiary/aromatic N) is 4. The van der Waals surface area contributed by atoms with Crippen LogP contribution in [0.3, 0.4) is 0 Å². The number of amides is 1. The summed E-state index contributed by atoms with van der Waals surface area (Å²) in [7, 11) is 2.19. The van der Waals surface area contributed by atoms with Crippen molar-refractivity contribution in [3.8, 4) is 0 Å². The van der Waals surface area contributed by atoms with E-state index < -0.39 is 0 Å². The Bertz CT molecular complexity index is 1110. The van der Waals surface area contributed by atoms with Crippen molar-refractivity contribution >= 4 is 22.6 Å². The summed E-state index contributed by atoms with van der Waals surface area (Å²) in [5.41, 5.74) is 4.53. The SMILES string of the molecule is Cc1nc(CN(C)C2CCCCC2)nc2c1CCC(=O)N2CCc1c[nH]c2ccccc12. The maximum atomic E-state index is 12.9. The molecule has 168 valence electrons. The molecule has 1 fully saturated rings. The predicted molar refractivity (Wildman–Crippen MR) is 128 cm³/mol. The number of hydrogen-bond donors (Lipinski definition) is 1. The van der Waals surface area contributed by atoms with Gasteiger partial charge in [0.05, 0.1) is 6.54 Å². The summed E-state index contributed by atoms with van der Waals surface area (Å²) in [6.45, 7) is 3.45. The number of carbonyl (C=O) groups excluding carboxylic acids is 1. The van der Waals surface area contributed by atoms with Crippen molar-refractivity contribution < 1.29 is 4.79 Å². The first kappa shape index (κ1) is 21.1. The molecule has 1 aliphatic carbocycles. The minimum absolute atomic E-state index is 0.169. The van der Waals surface area contributed by atoms with Gasteiger partial charge in [0.1, 0.15) is 11.6 Å². The van der Waals surface area contributed by atoms with Crippen LogP contribution in [-0.4, -0.2) is 45.4 Å². The van der Waals surface area contributed by atoms with Gasteiger partial charge in [-0.05, 0) is 51.3 Å². The third-order valence-corrected chi connectivity index (χ3v) is 7.25. The number of nitrogens with one attached hydrogen (secondary N) is 1. The standard InChI is InChI=1S/C26H33N5O/c1-18-21-12-13-25(32)31(15-14-19-16-27-23-11-7-6-10-22(19)23)26(21)29-24(28-18)17-30(2)20-8-4-3-5-9-20/h6-7,10-11,16,20,27H,3-5,8-9,12-15,17H2,1-2H3. The van der Waals surface area contributed by atoms with Crippen molar-refractivity contribution in [3.63, 3.8) is 0 Å². The van der Waals surface area contributed by atoms with E-state index in [0.29, 0.717) is 19.0 Å². The lowest BCUT2D eigenvalue weighted by Crippen LogP contribution is -2.39. The first-order chi connectivity index (χ1) is 15.6. The summed E-state index contributed by atoms with van der Waals surface area (Å²) >= 11 is 0. The molecule has 2 aromatic heterocycles. The van der Waals surface area contributed by atoms with Crippen molar-refractivity contribution in [2.24, 2.45) is 0 Å². The summed E-state index contributed by atoms with van der Waals surface area (Å²) in [5.74, 6) is 1.84. The van der Waals surface area contributed by atoms with Gasteiger partial charge in [-0.1, -0.05) is 37.5 Å². The molecular formula is C26H33N5O. The highest BCUT2D eigenvalue weighted by atomic mass is 16.2. The van der Waals surface area contributed by atoms with Gasteiger partial charge in [-0.3, -0.25) is 14.6 Å². The highest BCUT2D eigenvalue weighted by Crippen LogP contribution is 2.30. The molecule has 0 saturated heterocycles. The number of aryl methyl sites for hydroxylation is 1. The highest BCUT2D eigenvalue weighted by molar-refractivity contribution is 5.95. The quantitative estimate of drug-likeness (QED) is 0.622. The molecule has 6 heteroatoms. The van der Waals surface area contributed by atoms with Gasteiger partial charge in [0.25, 0.3) is 0 Å². The van der Waals surface area contributed by atoms with Crippen LogP contribution in [-0.2, 0) is 24.2 Å². The number of carbonyl (C=O) groups is 1. The topological polar surface area (TPSA) is 65.1 Å². The number of para-hydroxylation sites is 1. The third kappa shape index (κ3) is 4.16. The second-order valence-corrected chi connectivity index (χ2v) is 9.39. The van der Waals surface area contributed by atoms with E-state index in [1.165, 1.54) is 43.1 Å². The molecule has 1 saturated carbocycles. The summed E-state index contributed by atoms with van der Waals surface area (Å²) in [5, 5.41) is 1.23. The van der Waals surface area contributed by atoms with Gasteiger partial charge < -0.3 is 4.98 Å². The van der Waals surface area contributed by atoms with Crippen LogP contribution in [0.4, 0.5) is 5.82 Å². The molecule has 1 amide bonds. The van der Waals surface area contributed by atoms with Crippen molar-refractivity contribution in [2.45, 2.75) is 70.9 Å². The fourth-order valence-corrected chi connectivity index (χ4v) is 5.38. The monoisotopic (exact) mass is 431 g/mol. The number of fused-ring (bicyclic) bond motifs is 2. The summed E-state index contributed by atoms with van der Waals surface area (Å²) < 4.78 is 0. The average Bonchev–Trinajstić information content (AvgIpc) is 3.22. The molecule has 2 aliphatic rings. The number of H-pyrrole nitrogens is 1. The molecule has 0 radical (unpaired) electrons. The van der Waals surface area contributed by atoms with Gasteiger partial charge in [-0.2, -0.15) is 0 Å². The zero-order chi connectivity index (χ0) is 22.1. The summed E-state index contributed by atoms with van der Waals surface area (Å²) in [6, 6.07) is 8.94. The molecule has 0 atom stereocenters. The highest BCUT2D eigenvalue weighted by Gasteiger charge is 2.28. The number of aromatic amines is 1. The van der Waals surface area contributed by atoms with Crippen LogP contribution < -0.4 is 4.90 Å². The lowest BCUT2D eigenvalue weighted by Gasteiger charge is -2.32. The molecule has 0 bridgehead atoms. The Labute approximate surface area is 190 Å². The molecule has 0 spiro atoms. The molecule has 0 unspecified atom stereocenters. The van der Waals surface area contributed by atoms with Gasteiger partial charge >= 0.3 is 0 Å². The lowest BCUT2D eigenvalue weighted by molar-refractivity contribution is -0.118. The van der Waals surface area contributed by atoms with Gasteiger partial charge in [-0.15, -0.1) is 0 Å². The van der Waals surface area contributed by atoms with Crippen LogP contribution in [0.2, 0.25) is 0 Å². The normalized spacial score (nSPS) is 17.3. The van der Waals surface area contributed by atoms with E-state index in [1.54, 1.807) is 0 Å². The van der Waals surface area contributed by atoms with E-state index in [0.717, 1.165) is 47.8 Å². The van der Waals surface area contributed by atoms with Crippen LogP contribution in [0.1, 0.15) is 61.2 Å². The van der Waals surface area contributed by atoms with E-state index in [-0.39, 0.29) is 5.91 Å². The van der Waals surface area contributed by atoms with Crippen molar-refractivity contribution in [2.75, 3.05) is 18.5 Å². The number of anilines is 1. The molecule has 6 nitrogen and oxygen atoms in total. The molecule has 32 heavy (non-hydrogen) atoms. The largest absolute Gasteiger partial charge is 0.361 e. The minimum Gasteiger partial charge on any atom is -0.361 e. The Balaban J connectivity index is 1.37. The maximum absolute atomic E-state index is 12.9. The number of aromatic nitrogens is 3. The average molecular weight is 432 g/mol. The van der Waals surface area contributed by atoms with E-state index in [4.69, 9.17) is 9.97 Å². The number of benzene rings is 1. The van der Waals surface area contributed by atoms with Crippen LogP contribution >= 0.6 is 0 Å². The van der Waals surface area contributed by atoms with Gasteiger partial charge in [-0.25, -0.2) is 9.97 Å². The molecule has 1 aliphatic heterocycles. The van der Waals surface area contributed by atoms with E-state index in [1.807, 2.05) is 11.0 Å². The van der Waals surface area contributed by atoms with E-state index in [2.05, 4.69) is 48.3 Å². The van der Waals surface area contributed by atoms with Crippen molar-refractivity contribution in [1.29, 1.82) is 0 Å². The molecule has 1 aromatic carbocycles. The van der Waals surface area contributed by atoms with Crippen LogP contribution in [0.5, 0.6) is 0 Å². The van der Waals surface area contributed by atoms with E-state index >= 15 is 0 Å². The van der Waals surface area contributed by atoms with Gasteiger partial charge in [0, 0.05) is 47.4 Å². The first-order valence-corrected chi connectivity index (χ1v) is 12.0. The second-order valence-electron chi connectivity index (χ2n) is 9.39. The summed E-state index contributed by atoms with van der Waals surface area (Å²) in [6.07, 6.45) is 10.6. The Morgan fingerprint density at radius 3 is 2.78 bits per heavy atom. The number of rotatable bonds is 6. The Morgan fingerprint density at radius 2 is 1.94 bits per heavy atom. The van der Waals surface area contributed by atoms with E-state index in [9.17, 15) is 4.79 Å². The van der Waals surface area contributed by atoms with Gasteiger partial charge in [0.15, 0.2) is 0 Å². The lowest BCUT2D eigenvalue weighted by atomic mass is 9.94. The van der Waals surface area contributed by atoms with Crippen LogP contribution in [0.25, 0.3) is 10.9 Å². The minimum atomic E-state index is 0.169. The Hall–Kier alpha value is -2.73. The zero-order valence-electron chi connectivity index (χ0n) is 19.2. The Kier molecular flexibility index (Phi) is 5.96. The second kappa shape index (κ2) is 9.02. The van der Waals surface area contributed by atoms with Crippen LogP contribution in [0, 0.1) is 6.92 Å². The third-order valence-electron chi connectivity index (χ3n) is 7.25. The fourth-order valence-electron chi connectivity index (χ4n) is 5.38.